The summed E-state index contributed by atoms with van der Waals surface area (Å²) in [7, 11) is 1.71. The van der Waals surface area contributed by atoms with Crippen LogP contribution in [0.15, 0.2) is 76.8 Å². The van der Waals surface area contributed by atoms with Crippen molar-refractivity contribution in [1.82, 2.24) is 0 Å². The number of hydrogen-bond donors (Lipinski definition) is 0. The van der Waals surface area contributed by atoms with Gasteiger partial charge in [0.05, 0.1) is 7.11 Å². The summed E-state index contributed by atoms with van der Waals surface area (Å²) in [6.07, 6.45) is 3.44. The number of aryl methyl sites for hydroxylation is 2. The molecule has 2 unspecified atom stereocenters. The summed E-state index contributed by atoms with van der Waals surface area (Å²) in [4.78, 5) is 1.45. The van der Waals surface area contributed by atoms with Crippen LogP contribution in [-0.4, -0.2) is 7.11 Å². The van der Waals surface area contributed by atoms with E-state index in [-0.39, 0.29) is 5.66 Å². The minimum atomic E-state index is -1.99. The summed E-state index contributed by atoms with van der Waals surface area (Å²) >= 11 is 12.2. The zero-order valence-electron chi connectivity index (χ0n) is 17.6. The van der Waals surface area contributed by atoms with Crippen LogP contribution in [0.25, 0.3) is 4.91 Å². The lowest BCUT2D eigenvalue weighted by molar-refractivity contribution is 0.415. The van der Waals surface area contributed by atoms with E-state index in [2.05, 4.69) is 89.6 Å². The summed E-state index contributed by atoms with van der Waals surface area (Å²) in [6, 6.07) is 24.3. The summed E-state index contributed by atoms with van der Waals surface area (Å²) in [5.41, 5.74) is 7.37. The molecule has 158 valence electrons. The fourth-order valence-electron chi connectivity index (χ4n) is 4.67. The van der Waals surface area contributed by atoms with Gasteiger partial charge in [-0.1, -0.05) is 75.0 Å². The number of fused-ring (bicyclic) bond motifs is 2. The summed E-state index contributed by atoms with van der Waals surface area (Å²) < 4.78 is 6.52. The Balaban J connectivity index is 1.71. The standard InChI is InChI=1S/C26H24BrOPS2/c1-17-6-7-18-4-3-5-23-25(19-8-10-20(27)11-9-19)29(30,31-26(23)24(18)16-17)22-14-12-21(28-2)13-15-22/h6-16,25H,3-5H2,1-2H3. The van der Waals surface area contributed by atoms with Gasteiger partial charge < -0.3 is 4.74 Å². The average molecular weight is 527 g/mol. The lowest BCUT2D eigenvalue weighted by Gasteiger charge is -2.27. The molecule has 0 fully saturated rings. The van der Waals surface area contributed by atoms with Gasteiger partial charge in [-0.2, -0.15) is 0 Å². The Kier molecular flexibility index (Phi) is 5.94. The SMILES string of the molecule is COc1ccc(P2(=S)SC3=C(CCCc4ccc(C)cc43)C2c2ccc(Br)cc2)cc1. The smallest absolute Gasteiger partial charge is 0.118 e. The molecular formula is C26H24BrOPS2. The van der Waals surface area contributed by atoms with Gasteiger partial charge >= 0.3 is 0 Å². The van der Waals surface area contributed by atoms with Crippen molar-refractivity contribution in [3.63, 3.8) is 0 Å². The summed E-state index contributed by atoms with van der Waals surface area (Å²) in [5.74, 6) is 0.880. The van der Waals surface area contributed by atoms with E-state index in [9.17, 15) is 0 Å². The monoisotopic (exact) mass is 526 g/mol. The lowest BCUT2D eigenvalue weighted by Crippen LogP contribution is -2.09. The van der Waals surface area contributed by atoms with Crippen molar-refractivity contribution in [2.24, 2.45) is 0 Å². The second-order valence-electron chi connectivity index (χ2n) is 8.21. The molecule has 1 heterocycles. The first-order valence-electron chi connectivity index (χ1n) is 10.5. The van der Waals surface area contributed by atoms with Crippen LogP contribution in [-0.2, 0) is 18.2 Å². The van der Waals surface area contributed by atoms with Gasteiger partial charge in [-0.3, -0.25) is 0 Å². The van der Waals surface area contributed by atoms with Crippen LogP contribution in [0.3, 0.4) is 0 Å². The minimum absolute atomic E-state index is 0.274. The van der Waals surface area contributed by atoms with Crippen molar-refractivity contribution in [2.75, 3.05) is 7.11 Å². The first-order valence-corrected chi connectivity index (χ1v) is 15.6. The molecule has 1 aliphatic carbocycles. The number of allylic oxidation sites excluding steroid dienone is 1. The Morgan fingerprint density at radius 1 is 1.00 bits per heavy atom. The van der Waals surface area contributed by atoms with Crippen LogP contribution in [0.4, 0.5) is 0 Å². The highest BCUT2D eigenvalue weighted by Crippen LogP contribution is 2.80. The number of methoxy groups -OCH3 is 1. The van der Waals surface area contributed by atoms with E-state index in [0.717, 1.165) is 23.1 Å². The topological polar surface area (TPSA) is 9.23 Å². The maximum atomic E-state index is 6.65. The maximum absolute atomic E-state index is 6.65. The fraction of sp³-hybridized carbons (Fsp3) is 0.231. The molecule has 0 radical (unpaired) electrons. The molecule has 0 spiro atoms. The molecule has 3 aromatic carbocycles. The van der Waals surface area contributed by atoms with Crippen LogP contribution in [0, 0.1) is 6.92 Å². The highest BCUT2D eigenvalue weighted by Gasteiger charge is 2.44. The van der Waals surface area contributed by atoms with Gasteiger partial charge in [0, 0.05) is 20.3 Å². The third-order valence-electron chi connectivity index (χ3n) is 6.21. The molecule has 1 aliphatic heterocycles. The molecule has 31 heavy (non-hydrogen) atoms. The molecule has 0 saturated carbocycles. The molecule has 0 N–H and O–H groups in total. The number of ether oxygens (including phenoxy) is 1. The van der Waals surface area contributed by atoms with Gasteiger partial charge in [0.2, 0.25) is 0 Å². The Morgan fingerprint density at radius 2 is 1.74 bits per heavy atom. The molecule has 0 saturated heterocycles. The molecule has 5 heteroatoms. The van der Waals surface area contributed by atoms with Gasteiger partial charge in [0.25, 0.3) is 0 Å². The van der Waals surface area contributed by atoms with Crippen molar-refractivity contribution in [3.05, 3.63) is 99.0 Å². The van der Waals surface area contributed by atoms with Crippen LogP contribution in [0.1, 0.15) is 40.8 Å². The van der Waals surface area contributed by atoms with Gasteiger partial charge in [-0.05, 0) is 90.2 Å². The van der Waals surface area contributed by atoms with Crippen molar-refractivity contribution in [1.29, 1.82) is 0 Å². The van der Waals surface area contributed by atoms with Gasteiger partial charge in [-0.25, -0.2) is 0 Å². The Hall–Kier alpha value is -1.32. The van der Waals surface area contributed by atoms with E-state index >= 15 is 0 Å². The normalized spacial score (nSPS) is 22.6. The predicted octanol–water partition coefficient (Wildman–Crippen LogP) is 8.02. The molecule has 0 aromatic heterocycles. The quantitative estimate of drug-likeness (QED) is 0.319. The number of hydrogen-bond acceptors (Lipinski definition) is 3. The van der Waals surface area contributed by atoms with Crippen LogP contribution in [0.5, 0.6) is 5.75 Å². The molecule has 0 amide bonds. The second-order valence-corrected chi connectivity index (χ2v) is 16.6. The number of halogens is 1. The molecule has 0 bridgehead atoms. The van der Waals surface area contributed by atoms with E-state index in [4.69, 9.17) is 16.5 Å². The highest BCUT2D eigenvalue weighted by molar-refractivity contribution is 9.10. The fourth-order valence-corrected chi connectivity index (χ4v) is 13.2. The van der Waals surface area contributed by atoms with Crippen molar-refractivity contribution in [2.45, 2.75) is 31.8 Å². The zero-order valence-corrected chi connectivity index (χ0v) is 21.7. The summed E-state index contributed by atoms with van der Waals surface area (Å²) in [5, 5.41) is -0.709. The molecular weight excluding hydrogens is 503 g/mol. The predicted molar refractivity (Wildman–Crippen MR) is 142 cm³/mol. The Bertz CT molecular complexity index is 1220. The molecule has 1 nitrogen and oxygen atoms in total. The first kappa shape index (κ1) is 21.5. The number of rotatable bonds is 3. The van der Waals surface area contributed by atoms with E-state index in [1.807, 2.05) is 11.4 Å². The third kappa shape index (κ3) is 3.86. The molecule has 2 atom stereocenters. The van der Waals surface area contributed by atoms with E-state index in [1.165, 1.54) is 38.9 Å². The van der Waals surface area contributed by atoms with Gasteiger partial charge in [0.1, 0.15) is 5.75 Å². The van der Waals surface area contributed by atoms with E-state index in [0.29, 0.717) is 0 Å². The molecule has 2 aliphatic rings. The van der Waals surface area contributed by atoms with Crippen molar-refractivity contribution < 1.29 is 4.74 Å². The third-order valence-corrected chi connectivity index (χ3v) is 14.5. The molecule has 5 rings (SSSR count). The van der Waals surface area contributed by atoms with Gasteiger partial charge in [-0.15, -0.1) is 0 Å². The van der Waals surface area contributed by atoms with Gasteiger partial charge in [0.15, 0.2) is 0 Å². The first-order chi connectivity index (χ1) is 15.0. The maximum Gasteiger partial charge on any atom is 0.118 e. The largest absolute Gasteiger partial charge is 0.497 e. The van der Waals surface area contributed by atoms with Crippen molar-refractivity contribution >= 4 is 54.6 Å². The summed E-state index contributed by atoms with van der Waals surface area (Å²) in [6.45, 7) is 2.19. The Labute approximate surface area is 202 Å². The lowest BCUT2D eigenvalue weighted by atomic mass is 9.99. The minimum Gasteiger partial charge on any atom is -0.497 e. The highest BCUT2D eigenvalue weighted by atomic mass is 79.9. The zero-order chi connectivity index (χ0) is 21.6. The average Bonchev–Trinajstić information content (AvgIpc) is 2.98. The second kappa shape index (κ2) is 8.56. The van der Waals surface area contributed by atoms with Crippen LogP contribution >= 0.6 is 32.6 Å². The van der Waals surface area contributed by atoms with Crippen LogP contribution < -0.4 is 10.0 Å². The molecule has 3 aromatic rings. The van der Waals surface area contributed by atoms with Crippen molar-refractivity contribution in [3.8, 4) is 5.75 Å². The van der Waals surface area contributed by atoms with E-state index in [1.54, 1.807) is 12.7 Å². The number of benzene rings is 3. The van der Waals surface area contributed by atoms with Crippen LogP contribution in [0.2, 0.25) is 0 Å². The Morgan fingerprint density at radius 3 is 2.45 bits per heavy atom. The van der Waals surface area contributed by atoms with E-state index < -0.39 is 5.24 Å².